The van der Waals surface area contributed by atoms with Gasteiger partial charge in [0.25, 0.3) is 0 Å². The summed E-state index contributed by atoms with van der Waals surface area (Å²) in [4.78, 5) is 0. The van der Waals surface area contributed by atoms with Crippen molar-refractivity contribution in [1.82, 2.24) is 0 Å². The van der Waals surface area contributed by atoms with Crippen molar-refractivity contribution in [2.45, 2.75) is 102 Å². The third-order valence-corrected chi connectivity index (χ3v) is 7.27. The zero-order valence-electron chi connectivity index (χ0n) is 15.3. The molecule has 1 N–H and O–H groups in total. The molecule has 23 heavy (non-hydrogen) atoms. The van der Waals surface area contributed by atoms with Crippen LogP contribution in [0.3, 0.4) is 0 Å². The number of aliphatic hydroxyl groups is 1. The smallest absolute Gasteiger partial charge is 0.0921 e. The Morgan fingerprint density at radius 3 is 2.35 bits per heavy atom. The fourth-order valence-electron chi connectivity index (χ4n) is 5.32. The zero-order valence-corrected chi connectivity index (χ0v) is 15.3. The number of allylic oxidation sites excluding steroid dienone is 1. The summed E-state index contributed by atoms with van der Waals surface area (Å²) in [6.07, 6.45) is 9.74. The number of hydrogen-bond acceptors (Lipinski definition) is 3. The highest BCUT2D eigenvalue weighted by Crippen LogP contribution is 2.59. The van der Waals surface area contributed by atoms with E-state index in [0.29, 0.717) is 18.1 Å². The highest BCUT2D eigenvalue weighted by Gasteiger charge is 2.60. The molecule has 3 fully saturated rings. The van der Waals surface area contributed by atoms with E-state index in [9.17, 15) is 5.11 Å². The molecular formula is C20H32O3. The summed E-state index contributed by atoms with van der Waals surface area (Å²) in [7, 11) is 0. The van der Waals surface area contributed by atoms with Gasteiger partial charge in [-0.25, -0.2) is 0 Å². The second-order valence-electron chi connectivity index (χ2n) is 9.75. The van der Waals surface area contributed by atoms with Crippen LogP contribution in [0.2, 0.25) is 0 Å². The molecule has 4 aliphatic rings. The molecule has 0 amide bonds. The molecule has 3 heteroatoms. The van der Waals surface area contributed by atoms with Crippen LogP contribution in [0.4, 0.5) is 0 Å². The fourth-order valence-corrected chi connectivity index (χ4v) is 5.32. The minimum absolute atomic E-state index is 0.0549. The van der Waals surface area contributed by atoms with Crippen LogP contribution in [-0.4, -0.2) is 34.1 Å². The van der Waals surface area contributed by atoms with Gasteiger partial charge in [-0.1, -0.05) is 13.0 Å². The van der Waals surface area contributed by atoms with E-state index in [4.69, 9.17) is 9.47 Å². The minimum Gasteiger partial charge on any atom is -0.386 e. The molecule has 0 bridgehead atoms. The summed E-state index contributed by atoms with van der Waals surface area (Å²) in [6, 6.07) is 0. The van der Waals surface area contributed by atoms with Gasteiger partial charge in [0.2, 0.25) is 0 Å². The molecule has 0 spiro atoms. The lowest BCUT2D eigenvalue weighted by Gasteiger charge is -2.37. The standard InChI is InChI=1S/C20H32O3/c1-17(2,21)13-6-9-18(3)12-16-20(5,23-16)11-8-15-19(4,22-15)10-7-14(13)18/h6,14-16,21H,7-12H2,1-5H3/t14-,15-,16-,18+,19-,20-/m1/s1. The van der Waals surface area contributed by atoms with Crippen LogP contribution in [-0.2, 0) is 9.47 Å². The molecule has 0 radical (unpaired) electrons. The van der Waals surface area contributed by atoms with Gasteiger partial charge in [0.1, 0.15) is 0 Å². The first-order chi connectivity index (χ1) is 10.6. The largest absolute Gasteiger partial charge is 0.386 e. The van der Waals surface area contributed by atoms with Crippen molar-refractivity contribution < 1.29 is 14.6 Å². The Labute approximate surface area is 140 Å². The van der Waals surface area contributed by atoms with E-state index < -0.39 is 5.60 Å². The number of epoxide rings is 2. The molecular weight excluding hydrogens is 288 g/mol. The van der Waals surface area contributed by atoms with Gasteiger partial charge in [-0.05, 0) is 83.1 Å². The van der Waals surface area contributed by atoms with Gasteiger partial charge in [0.15, 0.2) is 0 Å². The molecule has 0 aromatic rings. The molecule has 130 valence electrons. The van der Waals surface area contributed by atoms with Crippen LogP contribution in [0.5, 0.6) is 0 Å². The molecule has 0 unspecified atom stereocenters. The van der Waals surface area contributed by atoms with Crippen molar-refractivity contribution >= 4 is 0 Å². The molecule has 1 saturated carbocycles. The van der Waals surface area contributed by atoms with Crippen molar-refractivity contribution in [3.05, 3.63) is 11.6 Å². The number of fused-ring (bicyclic) bond motifs is 3. The third-order valence-electron chi connectivity index (χ3n) is 7.27. The molecule has 0 aromatic heterocycles. The Morgan fingerprint density at radius 2 is 1.65 bits per heavy atom. The van der Waals surface area contributed by atoms with Gasteiger partial charge in [-0.3, -0.25) is 0 Å². The molecule has 2 saturated heterocycles. The molecule has 4 rings (SSSR count). The van der Waals surface area contributed by atoms with Crippen molar-refractivity contribution in [3.63, 3.8) is 0 Å². The molecule has 2 heterocycles. The Balaban J connectivity index is 1.62. The predicted molar refractivity (Wildman–Crippen MR) is 90.2 cm³/mol. The lowest BCUT2D eigenvalue weighted by atomic mass is 9.68. The molecule has 2 aliphatic carbocycles. The maximum Gasteiger partial charge on any atom is 0.0921 e. The first-order valence-electron chi connectivity index (χ1n) is 9.34. The number of ether oxygens (including phenoxy) is 2. The van der Waals surface area contributed by atoms with E-state index in [2.05, 4.69) is 26.8 Å². The highest BCUT2D eigenvalue weighted by molar-refractivity contribution is 5.28. The maximum absolute atomic E-state index is 10.7. The van der Waals surface area contributed by atoms with E-state index in [1.54, 1.807) is 0 Å². The Morgan fingerprint density at radius 1 is 1.04 bits per heavy atom. The molecule has 6 atom stereocenters. The summed E-state index contributed by atoms with van der Waals surface area (Å²) in [5.41, 5.74) is 0.841. The summed E-state index contributed by atoms with van der Waals surface area (Å²) in [5.74, 6) is 0.440. The highest BCUT2D eigenvalue weighted by atomic mass is 16.6. The maximum atomic E-state index is 10.7. The third kappa shape index (κ3) is 2.60. The lowest BCUT2D eigenvalue weighted by molar-refractivity contribution is 0.0838. The summed E-state index contributed by atoms with van der Waals surface area (Å²) < 4.78 is 12.2. The summed E-state index contributed by atoms with van der Waals surface area (Å²) in [6.45, 7) is 10.8. The van der Waals surface area contributed by atoms with Gasteiger partial charge in [-0.15, -0.1) is 0 Å². The number of rotatable bonds is 1. The zero-order chi connectivity index (χ0) is 16.7. The van der Waals surface area contributed by atoms with Crippen molar-refractivity contribution in [3.8, 4) is 0 Å². The average molecular weight is 320 g/mol. The fraction of sp³-hybridized carbons (Fsp3) is 0.900. The predicted octanol–water partition coefficient (Wildman–Crippen LogP) is 3.99. The van der Waals surface area contributed by atoms with Crippen molar-refractivity contribution in [2.24, 2.45) is 11.3 Å². The van der Waals surface area contributed by atoms with E-state index in [1.165, 1.54) is 5.57 Å². The second kappa shape index (κ2) is 4.62. The van der Waals surface area contributed by atoms with E-state index in [1.807, 2.05) is 13.8 Å². The summed E-state index contributed by atoms with van der Waals surface area (Å²) in [5, 5.41) is 10.7. The van der Waals surface area contributed by atoms with E-state index >= 15 is 0 Å². The lowest BCUT2D eigenvalue weighted by Crippen LogP contribution is -2.34. The van der Waals surface area contributed by atoms with Gasteiger partial charge in [0, 0.05) is 0 Å². The first-order valence-corrected chi connectivity index (χ1v) is 9.34. The Bertz CT molecular complexity index is 548. The van der Waals surface area contributed by atoms with E-state index in [-0.39, 0.29) is 16.6 Å². The monoisotopic (exact) mass is 320 g/mol. The van der Waals surface area contributed by atoms with Gasteiger partial charge in [-0.2, -0.15) is 0 Å². The van der Waals surface area contributed by atoms with Crippen LogP contribution >= 0.6 is 0 Å². The van der Waals surface area contributed by atoms with Crippen molar-refractivity contribution in [2.75, 3.05) is 0 Å². The van der Waals surface area contributed by atoms with E-state index in [0.717, 1.165) is 38.5 Å². The van der Waals surface area contributed by atoms with Gasteiger partial charge in [0.05, 0.1) is 29.0 Å². The normalized spacial score (nSPS) is 52.6. The van der Waals surface area contributed by atoms with Crippen LogP contribution < -0.4 is 0 Å². The summed E-state index contributed by atoms with van der Waals surface area (Å²) >= 11 is 0. The quantitative estimate of drug-likeness (QED) is 0.587. The van der Waals surface area contributed by atoms with Gasteiger partial charge < -0.3 is 14.6 Å². The van der Waals surface area contributed by atoms with Crippen LogP contribution in [0, 0.1) is 11.3 Å². The average Bonchev–Trinajstić information content (AvgIpc) is 3.21. The van der Waals surface area contributed by atoms with Crippen LogP contribution in [0.25, 0.3) is 0 Å². The van der Waals surface area contributed by atoms with Crippen molar-refractivity contribution in [1.29, 1.82) is 0 Å². The second-order valence-corrected chi connectivity index (χ2v) is 9.75. The van der Waals surface area contributed by atoms with Gasteiger partial charge >= 0.3 is 0 Å². The molecule has 2 aliphatic heterocycles. The first kappa shape index (κ1) is 16.1. The SMILES string of the molecule is CC(C)(O)C1=CC[C@@]2(C)C[C@H]3O[C@]3(C)CC[C@H]3O[C@]3(C)CC[C@H]12. The Hall–Kier alpha value is -0.380. The van der Waals surface area contributed by atoms with Crippen LogP contribution in [0.15, 0.2) is 11.6 Å². The molecule has 0 aromatic carbocycles. The molecule has 3 nitrogen and oxygen atoms in total. The number of hydrogen-bond donors (Lipinski definition) is 1. The topological polar surface area (TPSA) is 45.3 Å². The minimum atomic E-state index is -0.721. The Kier molecular flexibility index (Phi) is 3.23. The van der Waals surface area contributed by atoms with Crippen LogP contribution in [0.1, 0.15) is 73.1 Å².